The molecule has 0 unspecified atom stereocenters. The summed E-state index contributed by atoms with van der Waals surface area (Å²) in [5.74, 6) is -3.86. The SMILES string of the molecule is COC(=O)[C@@](NC(=O)c1ccc(F)cc1)(Nc1cc(C)cc(C)[nH+]1)C(F)(F)F. The minimum atomic E-state index is -5.28. The average molecular weight is 400 g/mol. The second-order valence-corrected chi connectivity index (χ2v) is 6.08. The number of nitrogens with one attached hydrogen (secondary N) is 3. The number of aryl methyl sites for hydroxylation is 2. The van der Waals surface area contributed by atoms with Crippen LogP contribution in [0.4, 0.5) is 23.4 Å². The maximum atomic E-state index is 14.0. The van der Waals surface area contributed by atoms with Crippen molar-refractivity contribution in [1.29, 1.82) is 0 Å². The highest BCUT2D eigenvalue weighted by atomic mass is 19.4. The van der Waals surface area contributed by atoms with E-state index in [4.69, 9.17) is 0 Å². The molecule has 1 aromatic carbocycles. The van der Waals surface area contributed by atoms with Crippen molar-refractivity contribution < 1.29 is 36.9 Å². The van der Waals surface area contributed by atoms with Crippen molar-refractivity contribution in [2.75, 3.05) is 12.4 Å². The van der Waals surface area contributed by atoms with E-state index in [1.807, 2.05) is 5.32 Å². The number of H-pyrrole nitrogens is 1. The molecule has 0 aliphatic heterocycles. The predicted octanol–water partition coefficient (Wildman–Crippen LogP) is 2.53. The maximum Gasteiger partial charge on any atom is 0.464 e. The number of esters is 1. The highest BCUT2D eigenvalue weighted by Gasteiger charge is 2.67. The zero-order valence-corrected chi connectivity index (χ0v) is 15.2. The number of hydrogen-bond acceptors (Lipinski definition) is 4. The molecule has 1 heterocycles. The molecule has 150 valence electrons. The average Bonchev–Trinajstić information content (AvgIpc) is 2.59. The largest absolute Gasteiger partial charge is 0.464 e. The second-order valence-electron chi connectivity index (χ2n) is 6.08. The Morgan fingerprint density at radius 2 is 1.68 bits per heavy atom. The predicted molar refractivity (Wildman–Crippen MR) is 90.8 cm³/mol. The molecule has 1 aromatic heterocycles. The van der Waals surface area contributed by atoms with Crippen molar-refractivity contribution in [1.82, 2.24) is 5.32 Å². The number of hydrogen-bond donors (Lipinski definition) is 2. The van der Waals surface area contributed by atoms with Crippen molar-refractivity contribution in [2.45, 2.75) is 25.7 Å². The first-order valence-electron chi connectivity index (χ1n) is 8.00. The van der Waals surface area contributed by atoms with Gasteiger partial charge < -0.3 is 4.74 Å². The first kappa shape index (κ1) is 21.1. The summed E-state index contributed by atoms with van der Waals surface area (Å²) < 4.78 is 59.3. The fourth-order valence-electron chi connectivity index (χ4n) is 2.55. The Balaban J connectivity index is 2.52. The molecule has 1 atom stereocenters. The van der Waals surface area contributed by atoms with Crippen molar-refractivity contribution >= 4 is 17.7 Å². The lowest BCUT2D eigenvalue weighted by Crippen LogP contribution is -2.69. The quantitative estimate of drug-likeness (QED) is 0.459. The number of alkyl halides is 3. The number of benzene rings is 1. The molecule has 1 amide bonds. The van der Waals surface area contributed by atoms with Crippen molar-refractivity contribution in [2.24, 2.45) is 0 Å². The van der Waals surface area contributed by atoms with Gasteiger partial charge in [-0.15, -0.1) is 0 Å². The van der Waals surface area contributed by atoms with Crippen LogP contribution in [0.25, 0.3) is 0 Å². The van der Waals surface area contributed by atoms with Gasteiger partial charge in [-0.1, -0.05) is 0 Å². The van der Waals surface area contributed by atoms with E-state index in [0.29, 0.717) is 11.3 Å². The number of carbonyl (C=O) groups is 2. The zero-order chi connectivity index (χ0) is 21.1. The third kappa shape index (κ3) is 4.38. The van der Waals surface area contributed by atoms with E-state index in [9.17, 15) is 27.2 Å². The van der Waals surface area contributed by atoms with Gasteiger partial charge in [0, 0.05) is 11.6 Å². The number of aromatic amines is 1. The number of rotatable bonds is 5. The van der Waals surface area contributed by atoms with E-state index < -0.39 is 29.5 Å². The molecule has 0 aliphatic rings. The zero-order valence-electron chi connectivity index (χ0n) is 15.2. The highest BCUT2D eigenvalue weighted by molar-refractivity contribution is 5.99. The maximum absolute atomic E-state index is 14.0. The third-order valence-electron chi connectivity index (χ3n) is 3.79. The van der Waals surface area contributed by atoms with Crippen LogP contribution in [0, 0.1) is 19.7 Å². The van der Waals surface area contributed by atoms with Gasteiger partial charge in [0.1, 0.15) is 5.82 Å². The van der Waals surface area contributed by atoms with E-state index in [1.54, 1.807) is 25.2 Å². The second kappa shape index (κ2) is 7.83. The minimum Gasteiger partial charge on any atom is -0.464 e. The van der Waals surface area contributed by atoms with Gasteiger partial charge in [-0.2, -0.15) is 13.2 Å². The van der Waals surface area contributed by atoms with Crippen LogP contribution in [0.1, 0.15) is 21.6 Å². The summed E-state index contributed by atoms with van der Waals surface area (Å²) in [7, 11) is 0.764. The van der Waals surface area contributed by atoms with Gasteiger partial charge in [0.2, 0.25) is 0 Å². The van der Waals surface area contributed by atoms with Crippen LogP contribution < -0.4 is 15.6 Å². The fourth-order valence-corrected chi connectivity index (χ4v) is 2.55. The number of amides is 1. The Morgan fingerprint density at radius 3 is 2.18 bits per heavy atom. The molecule has 3 N–H and O–H groups in total. The van der Waals surface area contributed by atoms with Crippen LogP contribution in [0.2, 0.25) is 0 Å². The van der Waals surface area contributed by atoms with Crippen LogP contribution >= 0.6 is 0 Å². The fraction of sp³-hybridized carbons (Fsp3) is 0.278. The Labute approximate surface area is 157 Å². The normalized spacial score (nSPS) is 13.4. The number of halogens is 4. The molecular weight excluding hydrogens is 382 g/mol. The summed E-state index contributed by atoms with van der Waals surface area (Å²) in [6.45, 7) is 3.26. The van der Waals surface area contributed by atoms with Crippen LogP contribution in [-0.2, 0) is 9.53 Å². The van der Waals surface area contributed by atoms with E-state index in [0.717, 1.165) is 31.4 Å². The lowest BCUT2D eigenvalue weighted by atomic mass is 10.1. The molecule has 0 bridgehead atoms. The molecule has 0 saturated heterocycles. The van der Waals surface area contributed by atoms with Crippen LogP contribution in [0.3, 0.4) is 0 Å². The van der Waals surface area contributed by atoms with Gasteiger partial charge in [0.05, 0.1) is 12.8 Å². The van der Waals surface area contributed by atoms with Gasteiger partial charge in [-0.3, -0.25) is 10.1 Å². The summed E-state index contributed by atoms with van der Waals surface area (Å²) in [5.41, 5.74) is -2.72. The summed E-state index contributed by atoms with van der Waals surface area (Å²) in [5, 5.41) is 3.67. The molecular formula is C18H18F4N3O3+. The molecule has 10 heteroatoms. The lowest BCUT2D eigenvalue weighted by molar-refractivity contribution is -0.372. The summed E-state index contributed by atoms with van der Waals surface area (Å²) in [4.78, 5) is 27.2. The topological polar surface area (TPSA) is 81.6 Å². The molecule has 0 saturated carbocycles. The van der Waals surface area contributed by atoms with Crippen LogP contribution in [0.5, 0.6) is 0 Å². The molecule has 6 nitrogen and oxygen atoms in total. The standard InChI is InChI=1S/C18H17F4N3O3/c1-10-8-11(2)23-14(9-10)24-17(16(27)28-3,18(20,21)22)25-15(26)12-4-6-13(19)7-5-12/h4-9H,1-3H3,(H,23,24)(H,25,26)/p+1/t17-/m0/s1. The monoisotopic (exact) mass is 400 g/mol. The first-order chi connectivity index (χ1) is 13.0. The van der Waals surface area contributed by atoms with Gasteiger partial charge in [-0.05, 0) is 49.7 Å². The van der Waals surface area contributed by atoms with E-state index >= 15 is 0 Å². The number of anilines is 1. The molecule has 2 rings (SSSR count). The van der Waals surface area contributed by atoms with Gasteiger partial charge in [-0.25, -0.2) is 19.5 Å². The van der Waals surface area contributed by atoms with E-state index in [2.05, 4.69) is 9.72 Å². The molecule has 0 spiro atoms. The summed E-state index contributed by atoms with van der Waals surface area (Å²) in [6, 6.07) is 6.81. The summed E-state index contributed by atoms with van der Waals surface area (Å²) in [6.07, 6.45) is -5.28. The number of methoxy groups -OCH3 is 1. The van der Waals surface area contributed by atoms with Crippen molar-refractivity contribution in [3.63, 3.8) is 0 Å². The Kier molecular flexibility index (Phi) is 5.91. The summed E-state index contributed by atoms with van der Waals surface area (Å²) >= 11 is 0. The Hall–Kier alpha value is -3.17. The van der Waals surface area contributed by atoms with E-state index in [-0.39, 0.29) is 11.4 Å². The Bertz CT molecular complexity index is 864. The number of pyridine rings is 1. The molecule has 0 aliphatic carbocycles. The van der Waals surface area contributed by atoms with Crippen LogP contribution in [0.15, 0.2) is 36.4 Å². The molecule has 2 aromatic rings. The minimum absolute atomic E-state index is 0.167. The number of carbonyl (C=O) groups excluding carboxylic acids is 2. The van der Waals surface area contributed by atoms with E-state index in [1.165, 1.54) is 6.07 Å². The van der Waals surface area contributed by atoms with Crippen molar-refractivity contribution in [3.8, 4) is 0 Å². The lowest BCUT2D eigenvalue weighted by Gasteiger charge is -2.30. The Morgan fingerprint density at radius 1 is 1.07 bits per heavy atom. The van der Waals surface area contributed by atoms with Gasteiger partial charge in [0.15, 0.2) is 0 Å². The number of ether oxygens (including phenoxy) is 1. The van der Waals surface area contributed by atoms with Gasteiger partial charge in [0.25, 0.3) is 11.7 Å². The van der Waals surface area contributed by atoms with Crippen LogP contribution in [-0.4, -0.2) is 30.8 Å². The molecule has 28 heavy (non-hydrogen) atoms. The molecule has 0 fully saturated rings. The van der Waals surface area contributed by atoms with Gasteiger partial charge >= 0.3 is 17.8 Å². The smallest absolute Gasteiger partial charge is 0.464 e. The molecule has 0 radical (unpaired) electrons. The number of aromatic nitrogens is 1. The highest BCUT2D eigenvalue weighted by Crippen LogP contribution is 2.32. The first-order valence-corrected chi connectivity index (χ1v) is 8.00. The third-order valence-corrected chi connectivity index (χ3v) is 3.79. The van der Waals surface area contributed by atoms with Crippen molar-refractivity contribution in [3.05, 3.63) is 59.0 Å².